The number of benzene rings is 2. The largest absolute Gasteiger partial charge is 0.427 e. The van der Waals surface area contributed by atoms with E-state index in [1.54, 1.807) is 30.3 Å². The van der Waals surface area contributed by atoms with Crippen LogP contribution in [0.15, 0.2) is 48.5 Å². The van der Waals surface area contributed by atoms with E-state index in [2.05, 4.69) is 5.32 Å². The highest BCUT2D eigenvalue weighted by molar-refractivity contribution is 5.80. The Morgan fingerprint density at radius 2 is 1.58 bits per heavy atom. The van der Waals surface area contributed by atoms with Crippen molar-refractivity contribution in [3.05, 3.63) is 70.8 Å². The van der Waals surface area contributed by atoms with Gasteiger partial charge in [-0.3, -0.25) is 14.5 Å². The third-order valence-corrected chi connectivity index (χ3v) is 8.17. The average molecular weight is 646 g/mol. The van der Waals surface area contributed by atoms with Gasteiger partial charge in [-0.1, -0.05) is 30.3 Å². The van der Waals surface area contributed by atoms with Crippen LogP contribution in [0.25, 0.3) is 0 Å². The maximum atomic E-state index is 13.6. The molecule has 0 aliphatic carbocycles. The van der Waals surface area contributed by atoms with Gasteiger partial charge in [0.15, 0.2) is 0 Å². The van der Waals surface area contributed by atoms with E-state index >= 15 is 0 Å². The first-order chi connectivity index (χ1) is 21.0. The third-order valence-electron chi connectivity index (χ3n) is 8.17. The summed E-state index contributed by atoms with van der Waals surface area (Å²) in [5, 5.41) is 2.92. The third kappa shape index (κ3) is 7.69. The second-order valence-corrected chi connectivity index (χ2v) is 11.4. The summed E-state index contributed by atoms with van der Waals surface area (Å²) in [5.74, 6) is -1.04. The fraction of sp³-hybridized carbons (Fsp3) is 0.500. The minimum atomic E-state index is -5.05. The number of amides is 2. The van der Waals surface area contributed by atoms with Gasteiger partial charge in [0, 0.05) is 13.0 Å². The maximum absolute atomic E-state index is 13.6. The van der Waals surface area contributed by atoms with Gasteiger partial charge in [-0.15, -0.1) is 0 Å². The molecule has 4 rings (SSSR count). The quantitative estimate of drug-likeness (QED) is 0.223. The molecule has 15 heteroatoms. The Morgan fingerprint density at radius 1 is 0.956 bits per heavy atom. The number of hydrogen-bond acceptors (Lipinski definition) is 7. The Balaban J connectivity index is 1.69. The topological polar surface area (TPSA) is 120 Å². The van der Waals surface area contributed by atoms with Gasteiger partial charge in [-0.2, -0.15) is 26.3 Å². The fourth-order valence-electron chi connectivity index (χ4n) is 5.64. The van der Waals surface area contributed by atoms with Crippen molar-refractivity contribution in [3.63, 3.8) is 0 Å². The number of nitrogens with one attached hydrogen (secondary N) is 1. The molecule has 0 bridgehead atoms. The van der Waals surface area contributed by atoms with Gasteiger partial charge >= 0.3 is 24.4 Å². The zero-order chi connectivity index (χ0) is 33.2. The van der Waals surface area contributed by atoms with E-state index in [0.717, 1.165) is 0 Å². The molecule has 2 fully saturated rings. The zero-order valence-electron chi connectivity index (χ0n) is 24.5. The van der Waals surface area contributed by atoms with Crippen LogP contribution in [0.4, 0.5) is 31.1 Å². The van der Waals surface area contributed by atoms with Crippen molar-refractivity contribution < 1.29 is 54.9 Å². The van der Waals surface area contributed by atoms with Crippen molar-refractivity contribution in [1.82, 2.24) is 10.2 Å². The molecule has 0 unspecified atom stereocenters. The van der Waals surface area contributed by atoms with Crippen LogP contribution in [0, 0.1) is 0 Å². The van der Waals surface area contributed by atoms with Gasteiger partial charge in [0.25, 0.3) is 0 Å². The summed E-state index contributed by atoms with van der Waals surface area (Å²) in [6.07, 6.45) is -11.1. The molecule has 2 aliphatic rings. The summed E-state index contributed by atoms with van der Waals surface area (Å²) < 4.78 is 97.4. The summed E-state index contributed by atoms with van der Waals surface area (Å²) in [5.41, 5.74) is 0.534. The van der Waals surface area contributed by atoms with Crippen LogP contribution >= 0.6 is 0 Å². The lowest BCUT2D eigenvalue weighted by atomic mass is 9.74. The molecule has 1 spiro atoms. The number of alkyl halides is 6. The summed E-state index contributed by atoms with van der Waals surface area (Å²) in [6, 6.07) is 8.74. The number of carbonyl (C=O) groups excluding carboxylic acids is 3. The Hall–Kier alpha value is -3.85. The number of carbonyl (C=O) groups is 3. The van der Waals surface area contributed by atoms with Crippen molar-refractivity contribution in [2.45, 2.75) is 75.1 Å². The lowest BCUT2D eigenvalue weighted by Gasteiger charge is -2.52. The predicted octanol–water partition coefficient (Wildman–Crippen LogP) is 5.43. The molecule has 2 heterocycles. The van der Waals surface area contributed by atoms with Crippen molar-refractivity contribution in [3.8, 4) is 0 Å². The molecule has 2 amide bonds. The normalized spacial score (nSPS) is 23.4. The zero-order valence-corrected chi connectivity index (χ0v) is 24.5. The molecule has 2 aromatic carbocycles. The van der Waals surface area contributed by atoms with Crippen molar-refractivity contribution in [2.24, 2.45) is 5.73 Å². The number of likely N-dealkylation sites (tertiary alicyclic amines) is 1. The second kappa shape index (κ2) is 12.9. The van der Waals surface area contributed by atoms with Crippen LogP contribution in [0.3, 0.4) is 0 Å². The first-order valence-electron chi connectivity index (χ1n) is 14.1. The maximum Gasteiger partial charge on any atom is 0.416 e. The van der Waals surface area contributed by atoms with E-state index in [1.807, 2.05) is 0 Å². The molecule has 0 saturated carbocycles. The number of nitrogens with zero attached hydrogens (tertiary/aromatic N) is 1. The van der Waals surface area contributed by atoms with E-state index < -0.39 is 65.6 Å². The molecular weight excluding hydrogens is 612 g/mol. The van der Waals surface area contributed by atoms with Crippen molar-refractivity contribution in [2.75, 3.05) is 19.9 Å². The monoisotopic (exact) mass is 645 g/mol. The van der Waals surface area contributed by atoms with Gasteiger partial charge in [0.05, 0.1) is 34.9 Å². The number of hydrogen-bond donors (Lipinski definition) is 2. The Morgan fingerprint density at radius 3 is 2.11 bits per heavy atom. The Kier molecular flexibility index (Phi) is 9.73. The second-order valence-electron chi connectivity index (χ2n) is 11.4. The van der Waals surface area contributed by atoms with Crippen LogP contribution < -0.4 is 11.1 Å². The summed E-state index contributed by atoms with van der Waals surface area (Å²) in [4.78, 5) is 39.0. The fourth-order valence-corrected chi connectivity index (χ4v) is 5.64. The lowest BCUT2D eigenvalue weighted by molar-refractivity contribution is -0.155. The Bertz CT molecular complexity index is 1370. The molecule has 4 atom stereocenters. The van der Waals surface area contributed by atoms with Crippen LogP contribution in [-0.2, 0) is 41.7 Å². The number of rotatable bonds is 8. The standard InChI is InChI=1S/C30H33F6N3O6/c1-18(37)25(41)44-17-45-26(42)39-15-27(9-8-24(40)38-27)10-11-28(39,21-6-4-3-5-7-21)16-43-19(2)20-12-22(29(31,32)33)14-23(13-20)30(34,35)36/h3-7,12-14,18-19H,8-11,15-17,37H2,1-2H3,(H,38,40)/t18-,19+,27+,28+/m0/s1. The smallest absolute Gasteiger partial charge is 0.416 e. The highest BCUT2D eigenvalue weighted by Gasteiger charge is 2.54. The summed E-state index contributed by atoms with van der Waals surface area (Å²) in [6.45, 7) is 1.48. The predicted molar refractivity (Wildman–Crippen MR) is 146 cm³/mol. The summed E-state index contributed by atoms with van der Waals surface area (Å²) in [7, 11) is 0. The first-order valence-corrected chi connectivity index (χ1v) is 14.1. The lowest BCUT2D eigenvalue weighted by Crippen LogP contribution is -2.65. The minimum absolute atomic E-state index is 0.0358. The van der Waals surface area contributed by atoms with Crippen LogP contribution in [-0.4, -0.2) is 54.4 Å². The summed E-state index contributed by atoms with van der Waals surface area (Å²) >= 11 is 0. The van der Waals surface area contributed by atoms with Crippen molar-refractivity contribution >= 4 is 18.0 Å². The first kappa shape index (κ1) is 34.0. The SMILES string of the molecule is C[C@H](N)C(=O)OCOC(=O)N1C[C@@]2(CCC(=O)N2)CC[C@@]1(CO[C@H](C)c1cc(C(F)(F)F)cc(C(F)(F)F)c1)c1ccccc1. The molecule has 9 nitrogen and oxygen atoms in total. The minimum Gasteiger partial charge on any atom is -0.427 e. The molecule has 45 heavy (non-hydrogen) atoms. The van der Waals surface area contributed by atoms with Crippen LogP contribution in [0.5, 0.6) is 0 Å². The molecule has 246 valence electrons. The van der Waals surface area contributed by atoms with Crippen LogP contribution in [0.2, 0.25) is 0 Å². The molecule has 2 aromatic rings. The van der Waals surface area contributed by atoms with Gasteiger partial charge < -0.3 is 25.3 Å². The van der Waals surface area contributed by atoms with E-state index in [0.29, 0.717) is 30.5 Å². The molecule has 0 aromatic heterocycles. The number of esters is 1. The average Bonchev–Trinajstić information content (AvgIpc) is 3.35. The molecule has 2 saturated heterocycles. The highest BCUT2D eigenvalue weighted by Crippen LogP contribution is 2.45. The van der Waals surface area contributed by atoms with Gasteiger partial charge in [-0.05, 0) is 62.4 Å². The van der Waals surface area contributed by atoms with Crippen molar-refractivity contribution in [1.29, 1.82) is 0 Å². The van der Waals surface area contributed by atoms with Gasteiger partial charge in [0.1, 0.15) is 6.04 Å². The highest BCUT2D eigenvalue weighted by atomic mass is 19.4. The van der Waals surface area contributed by atoms with E-state index in [4.69, 9.17) is 19.9 Å². The molecular formula is C30H33F6N3O6. The molecule has 3 N–H and O–H groups in total. The van der Waals surface area contributed by atoms with E-state index in [9.17, 15) is 40.7 Å². The van der Waals surface area contributed by atoms with Gasteiger partial charge in [0.2, 0.25) is 12.7 Å². The molecule has 0 radical (unpaired) electrons. The number of piperidine rings is 1. The van der Waals surface area contributed by atoms with E-state index in [-0.39, 0.29) is 43.5 Å². The number of ether oxygens (including phenoxy) is 3. The van der Waals surface area contributed by atoms with Gasteiger partial charge in [-0.25, -0.2) is 4.79 Å². The molecule has 2 aliphatic heterocycles. The number of halogens is 6. The van der Waals surface area contributed by atoms with E-state index in [1.165, 1.54) is 18.7 Å². The Labute approximate surface area is 255 Å². The number of nitrogens with two attached hydrogens (primary N) is 1. The van der Waals surface area contributed by atoms with Crippen LogP contribution in [0.1, 0.15) is 67.9 Å².